The van der Waals surface area contributed by atoms with E-state index in [1.54, 1.807) is 32.0 Å². The fourth-order valence-corrected chi connectivity index (χ4v) is 3.01. The van der Waals surface area contributed by atoms with Crippen LogP contribution in [-0.4, -0.2) is 43.2 Å². The Hall–Kier alpha value is -3.66. The van der Waals surface area contributed by atoms with Crippen molar-refractivity contribution in [3.63, 3.8) is 0 Å². The van der Waals surface area contributed by atoms with Gasteiger partial charge in [0.05, 0.1) is 5.69 Å². The lowest BCUT2D eigenvalue weighted by Gasteiger charge is -2.11. The smallest absolute Gasteiger partial charge is 0.349 e. The van der Waals surface area contributed by atoms with Crippen LogP contribution in [0.15, 0.2) is 29.8 Å². The molecular weight excluding hydrogens is 370 g/mol. The summed E-state index contributed by atoms with van der Waals surface area (Å²) in [4.78, 5) is 41.1. The first-order chi connectivity index (χ1) is 13.6. The molecule has 2 aromatic rings. The van der Waals surface area contributed by atoms with Crippen molar-refractivity contribution in [1.82, 2.24) is 4.98 Å². The predicted octanol–water partition coefficient (Wildman–Crippen LogP) is 3.23. The van der Waals surface area contributed by atoms with Crippen molar-refractivity contribution in [2.75, 3.05) is 25.6 Å². The number of carbonyl (C=O) groups excluding carboxylic acids is 3. The summed E-state index contributed by atoms with van der Waals surface area (Å²) in [6, 6.07) is 9.08. The molecule has 0 aliphatic heterocycles. The Kier molecular flexibility index (Phi) is 6.73. The van der Waals surface area contributed by atoms with Gasteiger partial charge in [-0.3, -0.25) is 9.59 Å². The van der Waals surface area contributed by atoms with Gasteiger partial charge in [-0.15, -0.1) is 0 Å². The molecule has 1 N–H and O–H groups in total. The second-order valence-corrected chi connectivity index (χ2v) is 6.84. The molecule has 0 bridgehead atoms. The number of esters is 1. The Balaban J connectivity index is 2.10. The number of ether oxygens (including phenoxy) is 1. The number of nitrogens with one attached hydrogen (secondary N) is 1. The molecule has 7 heteroatoms. The molecule has 0 saturated heterocycles. The van der Waals surface area contributed by atoms with Gasteiger partial charge in [-0.25, -0.2) is 4.79 Å². The molecule has 2 rings (SSSR count). The third-order valence-electron chi connectivity index (χ3n) is 4.46. The molecule has 0 aliphatic carbocycles. The van der Waals surface area contributed by atoms with Gasteiger partial charge in [-0.1, -0.05) is 12.1 Å². The van der Waals surface area contributed by atoms with Crippen LogP contribution in [0.1, 0.15) is 44.6 Å². The van der Waals surface area contributed by atoms with Crippen LogP contribution >= 0.6 is 0 Å². The van der Waals surface area contributed by atoms with E-state index < -0.39 is 18.4 Å². The molecule has 0 unspecified atom stereocenters. The summed E-state index contributed by atoms with van der Waals surface area (Å²) in [5.74, 6) is -1.51. The van der Waals surface area contributed by atoms with E-state index in [0.29, 0.717) is 22.4 Å². The summed E-state index contributed by atoms with van der Waals surface area (Å²) < 4.78 is 5.02. The molecule has 0 aliphatic rings. The van der Waals surface area contributed by atoms with Crippen molar-refractivity contribution in [3.8, 4) is 6.07 Å². The van der Waals surface area contributed by atoms with Crippen LogP contribution in [-0.2, 0) is 9.53 Å². The second-order valence-electron chi connectivity index (χ2n) is 6.84. The highest BCUT2D eigenvalue weighted by atomic mass is 16.5. The van der Waals surface area contributed by atoms with Crippen LogP contribution in [0.5, 0.6) is 0 Å². The van der Waals surface area contributed by atoms with Crippen molar-refractivity contribution in [2.24, 2.45) is 0 Å². The summed E-state index contributed by atoms with van der Waals surface area (Å²) in [7, 11) is 3.82. The minimum absolute atomic E-state index is 0.151. The number of H-pyrrole nitrogens is 1. The standard InChI is InChI=1S/C22H23N3O4/c1-13-20(15(3)26)14(2)24-21(13)19(27)12-29-22(28)17(11-23)10-16-6-8-18(9-7-16)25(4)5/h6-10,24H,12H2,1-5H3/b17-10+. The van der Waals surface area contributed by atoms with E-state index in [4.69, 9.17) is 4.74 Å². The summed E-state index contributed by atoms with van der Waals surface area (Å²) in [6.45, 7) is 4.25. The number of rotatable bonds is 7. The third kappa shape index (κ3) is 4.99. The molecule has 1 heterocycles. The Morgan fingerprint density at radius 3 is 2.28 bits per heavy atom. The molecule has 0 atom stereocenters. The minimum atomic E-state index is -0.884. The lowest BCUT2D eigenvalue weighted by Crippen LogP contribution is -2.16. The van der Waals surface area contributed by atoms with Crippen molar-refractivity contribution >= 4 is 29.3 Å². The fourth-order valence-electron chi connectivity index (χ4n) is 3.01. The highest BCUT2D eigenvalue weighted by Gasteiger charge is 2.21. The molecular formula is C22H23N3O4. The van der Waals surface area contributed by atoms with Crippen molar-refractivity contribution in [2.45, 2.75) is 20.8 Å². The lowest BCUT2D eigenvalue weighted by molar-refractivity contribution is -0.137. The normalized spacial score (nSPS) is 11.0. The summed E-state index contributed by atoms with van der Waals surface area (Å²) in [6.07, 6.45) is 1.41. The Labute approximate surface area is 169 Å². The zero-order valence-electron chi connectivity index (χ0n) is 17.1. The number of anilines is 1. The number of Topliss-reactive ketones (excluding diaryl/α,β-unsaturated/α-hetero) is 2. The van der Waals surface area contributed by atoms with Crippen molar-refractivity contribution in [1.29, 1.82) is 5.26 Å². The second kappa shape index (κ2) is 9.02. The number of nitriles is 1. The number of nitrogens with zero attached hydrogens (tertiary/aromatic N) is 2. The van der Waals surface area contributed by atoms with Gasteiger partial charge in [-0.05, 0) is 50.1 Å². The van der Waals surface area contributed by atoms with Crippen molar-refractivity contribution in [3.05, 3.63) is 57.9 Å². The third-order valence-corrected chi connectivity index (χ3v) is 4.46. The van der Waals surface area contributed by atoms with E-state index in [2.05, 4.69) is 4.98 Å². The van der Waals surface area contributed by atoms with Gasteiger partial charge in [0, 0.05) is 31.0 Å². The first kappa shape index (κ1) is 21.6. The fraction of sp³-hybridized carbons (Fsp3) is 0.273. The molecule has 1 aromatic heterocycles. The Bertz CT molecular complexity index is 1020. The number of hydrogen-bond acceptors (Lipinski definition) is 6. The highest BCUT2D eigenvalue weighted by molar-refractivity contribution is 6.05. The van der Waals surface area contributed by atoms with Gasteiger partial charge in [0.15, 0.2) is 12.4 Å². The van der Waals surface area contributed by atoms with E-state index >= 15 is 0 Å². The van der Waals surface area contributed by atoms with Gasteiger partial charge in [0.1, 0.15) is 11.6 Å². The quantitative estimate of drug-likeness (QED) is 0.335. The van der Waals surface area contributed by atoms with Gasteiger partial charge < -0.3 is 14.6 Å². The van der Waals surface area contributed by atoms with Crippen molar-refractivity contribution < 1.29 is 19.1 Å². The highest BCUT2D eigenvalue weighted by Crippen LogP contribution is 2.19. The van der Waals surface area contributed by atoms with E-state index in [0.717, 1.165) is 5.69 Å². The first-order valence-corrected chi connectivity index (χ1v) is 8.95. The van der Waals surface area contributed by atoms with Crippen LogP contribution in [0.4, 0.5) is 5.69 Å². The van der Waals surface area contributed by atoms with Gasteiger partial charge in [-0.2, -0.15) is 5.26 Å². The number of benzene rings is 1. The summed E-state index contributed by atoms with van der Waals surface area (Å²) in [5, 5.41) is 9.27. The summed E-state index contributed by atoms with van der Waals surface area (Å²) >= 11 is 0. The van der Waals surface area contributed by atoms with E-state index in [1.807, 2.05) is 31.1 Å². The minimum Gasteiger partial charge on any atom is -0.453 e. The van der Waals surface area contributed by atoms with Crippen LogP contribution in [0.3, 0.4) is 0 Å². The number of aromatic amines is 1. The zero-order valence-corrected chi connectivity index (χ0v) is 17.1. The molecule has 0 spiro atoms. The number of aromatic nitrogens is 1. The number of carbonyl (C=O) groups is 3. The van der Waals surface area contributed by atoms with Crippen LogP contribution < -0.4 is 4.90 Å². The average Bonchev–Trinajstić information content (AvgIpc) is 2.98. The van der Waals surface area contributed by atoms with Crippen LogP contribution in [0.25, 0.3) is 6.08 Å². The number of hydrogen-bond donors (Lipinski definition) is 1. The first-order valence-electron chi connectivity index (χ1n) is 8.95. The largest absolute Gasteiger partial charge is 0.453 e. The van der Waals surface area contributed by atoms with Gasteiger partial charge in [0.25, 0.3) is 0 Å². The monoisotopic (exact) mass is 393 g/mol. The lowest BCUT2D eigenvalue weighted by atomic mass is 10.1. The Morgan fingerprint density at radius 1 is 1.17 bits per heavy atom. The Morgan fingerprint density at radius 2 is 1.79 bits per heavy atom. The predicted molar refractivity (Wildman–Crippen MR) is 110 cm³/mol. The SMILES string of the molecule is CC(=O)c1c(C)[nH]c(C(=O)COC(=O)/C(C#N)=C/c2ccc(N(C)C)cc2)c1C. The molecule has 150 valence electrons. The maximum Gasteiger partial charge on any atom is 0.349 e. The van der Waals surface area contributed by atoms with Gasteiger partial charge >= 0.3 is 5.97 Å². The van der Waals surface area contributed by atoms with Crippen LogP contribution in [0, 0.1) is 25.2 Å². The molecule has 0 saturated carbocycles. The molecule has 29 heavy (non-hydrogen) atoms. The van der Waals surface area contributed by atoms with E-state index in [-0.39, 0.29) is 17.1 Å². The van der Waals surface area contributed by atoms with Crippen LogP contribution in [0.2, 0.25) is 0 Å². The maximum absolute atomic E-state index is 12.4. The van der Waals surface area contributed by atoms with Gasteiger partial charge in [0.2, 0.25) is 5.78 Å². The molecule has 0 radical (unpaired) electrons. The zero-order chi connectivity index (χ0) is 21.7. The number of aryl methyl sites for hydroxylation is 1. The average molecular weight is 393 g/mol. The number of ketones is 2. The van der Waals surface area contributed by atoms with E-state index in [1.165, 1.54) is 13.0 Å². The molecule has 7 nitrogen and oxygen atoms in total. The molecule has 1 aromatic carbocycles. The maximum atomic E-state index is 12.4. The summed E-state index contributed by atoms with van der Waals surface area (Å²) in [5.41, 5.74) is 3.23. The molecule has 0 amide bonds. The molecule has 0 fully saturated rings. The van der Waals surface area contributed by atoms with E-state index in [9.17, 15) is 19.6 Å². The topological polar surface area (TPSA) is 103 Å².